The van der Waals surface area contributed by atoms with Crippen LogP contribution in [0.25, 0.3) is 0 Å². The number of ether oxygens (including phenoxy) is 1. The van der Waals surface area contributed by atoms with Crippen molar-refractivity contribution in [2.24, 2.45) is 5.73 Å². The Morgan fingerprint density at radius 2 is 1.88 bits per heavy atom. The fourth-order valence-electron chi connectivity index (χ4n) is 3.15. The van der Waals surface area contributed by atoms with Crippen molar-refractivity contribution < 1.29 is 30.9 Å². The summed E-state index contributed by atoms with van der Waals surface area (Å²) in [7, 11) is -4.63. The minimum atomic E-state index is -4.63. The van der Waals surface area contributed by atoms with Crippen molar-refractivity contribution >= 4 is 16.2 Å². The molecule has 0 spiro atoms. The molecule has 33 heavy (non-hydrogen) atoms. The van der Waals surface area contributed by atoms with Gasteiger partial charge in [0.05, 0.1) is 12.2 Å². The molecule has 0 atom stereocenters. The van der Waals surface area contributed by atoms with Crippen LogP contribution in [0.5, 0.6) is 5.75 Å². The van der Waals surface area contributed by atoms with E-state index in [1.165, 1.54) is 4.57 Å². The fraction of sp³-hybridized carbons (Fsp3) is 0.286. The topological polar surface area (TPSA) is 126 Å². The quantitative estimate of drug-likeness (QED) is 0.490. The number of benzene rings is 1. The normalized spacial score (nSPS) is 11.6. The average molecular weight is 480 g/mol. The van der Waals surface area contributed by atoms with Gasteiger partial charge in [-0.15, -0.1) is 0 Å². The van der Waals surface area contributed by atoms with Crippen LogP contribution >= 0.6 is 0 Å². The first-order chi connectivity index (χ1) is 15.5. The number of primary amides is 1. The summed E-state index contributed by atoms with van der Waals surface area (Å²) in [4.78, 5) is 19.7. The average Bonchev–Trinajstić information content (AvgIpc) is 3.06. The number of rotatable bonds is 8. The molecule has 0 saturated heterocycles. The van der Waals surface area contributed by atoms with Gasteiger partial charge < -0.3 is 19.2 Å². The minimum absolute atomic E-state index is 0.00765. The van der Waals surface area contributed by atoms with Crippen molar-refractivity contribution in [1.29, 1.82) is 0 Å². The summed E-state index contributed by atoms with van der Waals surface area (Å²) in [5, 5.41) is -0.339. The number of halogens is 2. The Balaban J connectivity index is 2.18. The highest BCUT2D eigenvalue weighted by atomic mass is 32.2. The molecule has 2 N–H and O–H groups in total. The number of carbonyl (C=O) groups excluding carboxylic acids is 1. The molecule has 0 radical (unpaired) electrons. The summed E-state index contributed by atoms with van der Waals surface area (Å²) < 4.78 is 65.1. The number of carbonyl (C=O) groups is 1. The Morgan fingerprint density at radius 3 is 2.45 bits per heavy atom. The molecule has 0 saturated carbocycles. The maximum atomic E-state index is 13.6. The molecule has 3 aromatic rings. The van der Waals surface area contributed by atoms with E-state index in [0.717, 1.165) is 12.1 Å². The Hall–Kier alpha value is -3.54. The number of aromatic nitrogens is 3. The molecular formula is C21H22F2N4O5S. The third kappa shape index (κ3) is 5.64. The highest BCUT2D eigenvalue weighted by Gasteiger charge is 2.32. The van der Waals surface area contributed by atoms with Crippen LogP contribution in [0.2, 0.25) is 0 Å². The van der Waals surface area contributed by atoms with Crippen LogP contribution in [-0.2, 0) is 28.0 Å². The fourth-order valence-corrected chi connectivity index (χ4v) is 4.55. The largest absolute Gasteiger partial charge is 0.442 e. The van der Waals surface area contributed by atoms with Crippen molar-refractivity contribution in [1.82, 2.24) is 14.5 Å². The molecule has 2 aromatic heterocycles. The lowest BCUT2D eigenvalue weighted by Gasteiger charge is -2.15. The molecule has 0 aliphatic carbocycles. The van der Waals surface area contributed by atoms with Crippen LogP contribution in [0.4, 0.5) is 13.6 Å². The van der Waals surface area contributed by atoms with E-state index < -0.39 is 46.1 Å². The van der Waals surface area contributed by atoms with E-state index in [1.54, 1.807) is 39.1 Å². The maximum Gasteiger partial charge on any atom is 0.404 e. The highest BCUT2D eigenvalue weighted by Crippen LogP contribution is 2.30. The van der Waals surface area contributed by atoms with Gasteiger partial charge in [-0.05, 0) is 24.5 Å². The first-order valence-electron chi connectivity index (χ1n) is 9.80. The zero-order valence-corrected chi connectivity index (χ0v) is 18.9. The standard InChI is InChI=1S/C21H22F2N4O5S/c1-12(2)19-20(33(29,30)32-17-8-15(22)7-16(23)9-17)27(18(26-19)11-31-21(24)28)10-14-5-4-6-25-13(14)3/h4-9,12H,10-11H2,1-3H3,(H2,24,28). The zero-order valence-electron chi connectivity index (χ0n) is 18.1. The second kappa shape index (κ2) is 9.53. The van der Waals surface area contributed by atoms with Gasteiger partial charge in [-0.25, -0.2) is 18.6 Å². The Bertz CT molecular complexity index is 1270. The van der Waals surface area contributed by atoms with Gasteiger partial charge in [-0.3, -0.25) is 4.98 Å². The Morgan fingerprint density at radius 1 is 1.21 bits per heavy atom. The SMILES string of the molecule is Cc1ncccc1Cn1c(COC(N)=O)nc(C(C)C)c1S(=O)(=O)Oc1cc(F)cc(F)c1. The molecular weight excluding hydrogens is 458 g/mol. The monoisotopic (exact) mass is 480 g/mol. The third-order valence-corrected chi connectivity index (χ3v) is 5.95. The molecule has 2 heterocycles. The van der Waals surface area contributed by atoms with Gasteiger partial charge in [-0.1, -0.05) is 19.9 Å². The van der Waals surface area contributed by atoms with Gasteiger partial charge in [0.1, 0.15) is 23.2 Å². The Labute approximate surface area is 189 Å². The van der Waals surface area contributed by atoms with Crippen molar-refractivity contribution in [2.75, 3.05) is 0 Å². The lowest BCUT2D eigenvalue weighted by molar-refractivity contribution is 0.145. The number of hydrogen-bond donors (Lipinski definition) is 1. The molecule has 0 aliphatic heterocycles. The summed E-state index contributed by atoms with van der Waals surface area (Å²) >= 11 is 0. The lowest BCUT2D eigenvalue weighted by Crippen LogP contribution is -2.20. The third-order valence-electron chi connectivity index (χ3n) is 4.64. The van der Waals surface area contributed by atoms with Crippen molar-refractivity contribution in [2.45, 2.75) is 44.9 Å². The number of nitrogens with two attached hydrogens (primary N) is 1. The van der Waals surface area contributed by atoms with Gasteiger partial charge in [0.15, 0.2) is 11.6 Å². The lowest BCUT2D eigenvalue weighted by atomic mass is 10.1. The van der Waals surface area contributed by atoms with Crippen LogP contribution in [0, 0.1) is 18.6 Å². The number of nitrogens with zero attached hydrogens (tertiary/aromatic N) is 3. The minimum Gasteiger partial charge on any atom is -0.442 e. The van der Waals surface area contributed by atoms with E-state index in [1.807, 2.05) is 0 Å². The van der Waals surface area contributed by atoms with E-state index >= 15 is 0 Å². The molecule has 1 amide bonds. The smallest absolute Gasteiger partial charge is 0.404 e. The van der Waals surface area contributed by atoms with E-state index in [0.29, 0.717) is 17.3 Å². The number of amides is 1. The van der Waals surface area contributed by atoms with Crippen LogP contribution in [-0.4, -0.2) is 29.0 Å². The zero-order chi connectivity index (χ0) is 24.3. The van der Waals surface area contributed by atoms with E-state index in [9.17, 15) is 22.0 Å². The number of imidazole rings is 1. The molecule has 9 nitrogen and oxygen atoms in total. The molecule has 0 bridgehead atoms. The van der Waals surface area contributed by atoms with Crippen molar-refractivity contribution in [3.63, 3.8) is 0 Å². The van der Waals surface area contributed by atoms with Crippen molar-refractivity contribution in [3.8, 4) is 5.75 Å². The summed E-state index contributed by atoms with van der Waals surface area (Å²) in [5.74, 6) is -2.85. The Kier molecular flexibility index (Phi) is 6.96. The molecule has 0 unspecified atom stereocenters. The molecule has 12 heteroatoms. The van der Waals surface area contributed by atoms with Crippen LogP contribution in [0.15, 0.2) is 41.6 Å². The predicted octanol–water partition coefficient (Wildman–Crippen LogP) is 3.40. The number of pyridine rings is 1. The first kappa shape index (κ1) is 24.1. The van der Waals surface area contributed by atoms with Gasteiger partial charge in [-0.2, -0.15) is 8.42 Å². The summed E-state index contributed by atoms with van der Waals surface area (Å²) in [5.41, 5.74) is 6.49. The second-order valence-corrected chi connectivity index (χ2v) is 8.92. The first-order valence-corrected chi connectivity index (χ1v) is 11.2. The van der Waals surface area contributed by atoms with E-state index in [-0.39, 0.29) is 23.1 Å². The van der Waals surface area contributed by atoms with E-state index in [2.05, 4.69) is 9.97 Å². The van der Waals surface area contributed by atoms with Crippen molar-refractivity contribution in [3.05, 3.63) is 70.9 Å². The summed E-state index contributed by atoms with van der Waals surface area (Å²) in [6.45, 7) is 4.75. The second-order valence-electron chi connectivity index (χ2n) is 7.46. The molecule has 176 valence electrons. The summed E-state index contributed by atoms with van der Waals surface area (Å²) in [6.07, 6.45) is 0.520. The van der Waals surface area contributed by atoms with Crippen LogP contribution < -0.4 is 9.92 Å². The molecule has 0 fully saturated rings. The molecule has 1 aromatic carbocycles. The highest BCUT2D eigenvalue weighted by molar-refractivity contribution is 7.87. The van der Waals surface area contributed by atoms with Gasteiger partial charge in [0, 0.05) is 30.1 Å². The van der Waals surface area contributed by atoms with Gasteiger partial charge in [0.2, 0.25) is 0 Å². The van der Waals surface area contributed by atoms with Gasteiger partial charge in [0.25, 0.3) is 0 Å². The predicted molar refractivity (Wildman–Crippen MR) is 113 cm³/mol. The molecule has 3 rings (SSSR count). The van der Waals surface area contributed by atoms with Gasteiger partial charge >= 0.3 is 16.2 Å². The summed E-state index contributed by atoms with van der Waals surface area (Å²) in [6, 6.07) is 5.52. The number of aryl methyl sites for hydroxylation is 1. The maximum absolute atomic E-state index is 13.6. The van der Waals surface area contributed by atoms with Crippen LogP contribution in [0.1, 0.15) is 42.5 Å². The van der Waals surface area contributed by atoms with Crippen LogP contribution in [0.3, 0.4) is 0 Å². The molecule has 0 aliphatic rings. The van der Waals surface area contributed by atoms with E-state index in [4.69, 9.17) is 14.7 Å². The number of hydrogen-bond acceptors (Lipinski definition) is 7.